The molecule has 1 aromatic rings. The Labute approximate surface area is 96.4 Å². The maximum absolute atomic E-state index is 9.35. The third-order valence-electron chi connectivity index (χ3n) is 2.70. The molecule has 0 radical (unpaired) electrons. The van der Waals surface area contributed by atoms with Gasteiger partial charge in [-0.3, -0.25) is 0 Å². The molecule has 16 heavy (non-hydrogen) atoms. The third-order valence-corrected chi connectivity index (χ3v) is 2.70. The summed E-state index contributed by atoms with van der Waals surface area (Å²) in [6, 6.07) is 8.57. The number of benzene rings is 1. The van der Waals surface area contributed by atoms with Crippen molar-refractivity contribution in [3.63, 3.8) is 0 Å². The smallest absolute Gasteiger partial charge is 0.111 e. The highest BCUT2D eigenvalue weighted by molar-refractivity contribution is 5.34. The topological polar surface area (TPSA) is 20.2 Å². The fraction of sp³-hybridized carbons (Fsp3) is 0.200. The molecular formula is C15H16O. The zero-order valence-electron chi connectivity index (χ0n) is 9.48. The first-order chi connectivity index (χ1) is 7.74. The van der Waals surface area contributed by atoms with Gasteiger partial charge in [0.1, 0.15) is 5.76 Å². The molecule has 0 heterocycles. The van der Waals surface area contributed by atoms with E-state index in [9.17, 15) is 5.11 Å². The molecule has 0 spiro atoms. The Morgan fingerprint density at radius 2 is 1.81 bits per heavy atom. The predicted molar refractivity (Wildman–Crippen MR) is 67.4 cm³/mol. The fourth-order valence-corrected chi connectivity index (χ4v) is 1.73. The van der Waals surface area contributed by atoms with Crippen molar-refractivity contribution in [3.8, 4) is 0 Å². The first-order valence-corrected chi connectivity index (χ1v) is 5.56. The van der Waals surface area contributed by atoms with Crippen LogP contribution in [0.5, 0.6) is 0 Å². The summed E-state index contributed by atoms with van der Waals surface area (Å²) in [5.41, 5.74) is 3.85. The Balaban J connectivity index is 2.08. The summed E-state index contributed by atoms with van der Waals surface area (Å²) in [7, 11) is 0. The number of hydrogen-bond acceptors (Lipinski definition) is 1. The first-order valence-electron chi connectivity index (χ1n) is 5.56. The maximum atomic E-state index is 9.35. The zero-order valence-corrected chi connectivity index (χ0v) is 9.48. The molecule has 0 amide bonds. The zero-order chi connectivity index (χ0) is 11.4. The lowest BCUT2D eigenvalue weighted by molar-refractivity contribution is 0.431. The summed E-state index contributed by atoms with van der Waals surface area (Å²) in [6.07, 6.45) is 9.45. The second-order valence-corrected chi connectivity index (χ2v) is 4.14. The molecule has 1 aliphatic rings. The molecule has 1 aliphatic carbocycles. The van der Waals surface area contributed by atoms with Gasteiger partial charge in [0.25, 0.3) is 0 Å². The second kappa shape index (κ2) is 4.84. The van der Waals surface area contributed by atoms with Gasteiger partial charge in [-0.25, -0.2) is 0 Å². The van der Waals surface area contributed by atoms with E-state index in [2.05, 4.69) is 37.3 Å². The largest absolute Gasteiger partial charge is 0.508 e. The Bertz CT molecular complexity index is 447. The highest BCUT2D eigenvalue weighted by Gasteiger charge is 1.99. The molecule has 0 atom stereocenters. The van der Waals surface area contributed by atoms with E-state index in [1.54, 1.807) is 6.08 Å². The molecule has 0 fully saturated rings. The summed E-state index contributed by atoms with van der Waals surface area (Å²) < 4.78 is 0. The van der Waals surface area contributed by atoms with E-state index in [-0.39, 0.29) is 0 Å². The monoisotopic (exact) mass is 212 g/mol. The van der Waals surface area contributed by atoms with Crippen LogP contribution in [0, 0.1) is 6.92 Å². The number of aliphatic hydroxyl groups is 1. The Morgan fingerprint density at radius 3 is 2.56 bits per heavy atom. The van der Waals surface area contributed by atoms with Crippen LogP contribution in [0.25, 0.3) is 0 Å². The van der Waals surface area contributed by atoms with Crippen LogP contribution in [0.4, 0.5) is 0 Å². The van der Waals surface area contributed by atoms with Gasteiger partial charge in [-0.05, 0) is 43.1 Å². The molecule has 1 nitrogen and oxygen atoms in total. The summed E-state index contributed by atoms with van der Waals surface area (Å²) in [5.74, 6) is 0.357. The number of rotatable bonds is 2. The summed E-state index contributed by atoms with van der Waals surface area (Å²) in [6.45, 7) is 2.09. The van der Waals surface area contributed by atoms with Gasteiger partial charge in [-0.1, -0.05) is 42.0 Å². The van der Waals surface area contributed by atoms with Gasteiger partial charge in [-0.2, -0.15) is 0 Å². The normalized spacial score (nSPS) is 15.3. The minimum absolute atomic E-state index is 0.357. The van der Waals surface area contributed by atoms with Crippen molar-refractivity contribution in [3.05, 3.63) is 71.0 Å². The lowest BCUT2D eigenvalue weighted by atomic mass is 10.0. The van der Waals surface area contributed by atoms with Crippen LogP contribution in [-0.2, 0) is 6.42 Å². The Kier molecular flexibility index (Phi) is 3.25. The van der Waals surface area contributed by atoms with Crippen molar-refractivity contribution >= 4 is 0 Å². The summed E-state index contributed by atoms with van der Waals surface area (Å²) >= 11 is 0. The van der Waals surface area contributed by atoms with Crippen LogP contribution >= 0.6 is 0 Å². The van der Waals surface area contributed by atoms with E-state index in [0.29, 0.717) is 5.76 Å². The van der Waals surface area contributed by atoms with Crippen LogP contribution in [0.15, 0.2) is 59.9 Å². The van der Waals surface area contributed by atoms with E-state index < -0.39 is 0 Å². The fourth-order valence-electron chi connectivity index (χ4n) is 1.73. The Hall–Kier alpha value is -1.76. The van der Waals surface area contributed by atoms with Gasteiger partial charge in [0.2, 0.25) is 0 Å². The lowest BCUT2D eigenvalue weighted by Crippen LogP contribution is -1.88. The number of allylic oxidation sites excluding steroid dienone is 5. The average molecular weight is 212 g/mol. The molecule has 1 N–H and O–H groups in total. The predicted octanol–water partition coefficient (Wildman–Crippen LogP) is 3.87. The van der Waals surface area contributed by atoms with Crippen LogP contribution < -0.4 is 0 Å². The first kappa shape index (κ1) is 10.7. The molecule has 0 saturated heterocycles. The molecule has 1 aromatic carbocycles. The molecule has 0 bridgehead atoms. The van der Waals surface area contributed by atoms with Gasteiger partial charge in [0.05, 0.1) is 0 Å². The van der Waals surface area contributed by atoms with Gasteiger partial charge in [0, 0.05) is 0 Å². The van der Waals surface area contributed by atoms with Crippen molar-refractivity contribution < 1.29 is 5.11 Å². The maximum Gasteiger partial charge on any atom is 0.111 e. The summed E-state index contributed by atoms with van der Waals surface area (Å²) in [5, 5.41) is 9.35. The van der Waals surface area contributed by atoms with Gasteiger partial charge < -0.3 is 5.11 Å². The van der Waals surface area contributed by atoms with E-state index >= 15 is 0 Å². The minimum atomic E-state index is 0.357. The van der Waals surface area contributed by atoms with E-state index in [4.69, 9.17) is 0 Å². The molecule has 0 aliphatic heterocycles. The second-order valence-electron chi connectivity index (χ2n) is 4.14. The highest BCUT2D eigenvalue weighted by atomic mass is 16.3. The lowest BCUT2D eigenvalue weighted by Gasteiger charge is -2.02. The standard InChI is InChI=1S/C15H16O/c1-12-5-7-14(8-6-12)11-13-3-2-4-15(16)10-9-13/h3-10,16H,2,11H2,1H3. The van der Waals surface area contributed by atoms with Gasteiger partial charge in [-0.15, -0.1) is 0 Å². The minimum Gasteiger partial charge on any atom is -0.508 e. The van der Waals surface area contributed by atoms with E-state index in [1.165, 1.54) is 16.7 Å². The SMILES string of the molecule is Cc1ccc(CC2=CCC=C(O)C=C2)cc1. The average Bonchev–Trinajstić information content (AvgIpc) is 2.47. The molecule has 1 heteroatoms. The number of aryl methyl sites for hydroxylation is 1. The van der Waals surface area contributed by atoms with Crippen molar-refractivity contribution in [1.82, 2.24) is 0 Å². The van der Waals surface area contributed by atoms with Crippen molar-refractivity contribution in [2.45, 2.75) is 19.8 Å². The third kappa shape index (κ3) is 2.86. The Morgan fingerprint density at radius 1 is 1.06 bits per heavy atom. The van der Waals surface area contributed by atoms with Crippen LogP contribution in [0.3, 0.4) is 0 Å². The highest BCUT2D eigenvalue weighted by Crippen LogP contribution is 2.14. The van der Waals surface area contributed by atoms with Crippen molar-refractivity contribution in [1.29, 1.82) is 0 Å². The number of hydrogen-bond donors (Lipinski definition) is 1. The molecular weight excluding hydrogens is 196 g/mol. The molecule has 82 valence electrons. The molecule has 2 rings (SSSR count). The van der Waals surface area contributed by atoms with Crippen LogP contribution in [0.1, 0.15) is 17.5 Å². The van der Waals surface area contributed by atoms with Crippen LogP contribution in [-0.4, -0.2) is 5.11 Å². The molecule has 0 saturated carbocycles. The van der Waals surface area contributed by atoms with Crippen LogP contribution in [0.2, 0.25) is 0 Å². The van der Waals surface area contributed by atoms with Gasteiger partial charge >= 0.3 is 0 Å². The number of aliphatic hydroxyl groups excluding tert-OH is 1. The summed E-state index contributed by atoms with van der Waals surface area (Å²) in [4.78, 5) is 0. The molecule has 0 aromatic heterocycles. The van der Waals surface area contributed by atoms with Crippen molar-refractivity contribution in [2.75, 3.05) is 0 Å². The van der Waals surface area contributed by atoms with E-state index in [1.807, 2.05) is 12.2 Å². The van der Waals surface area contributed by atoms with Gasteiger partial charge in [0.15, 0.2) is 0 Å². The molecule has 0 unspecified atom stereocenters. The quantitative estimate of drug-likeness (QED) is 0.789. The van der Waals surface area contributed by atoms with Crippen molar-refractivity contribution in [2.24, 2.45) is 0 Å². The van der Waals surface area contributed by atoms with E-state index in [0.717, 1.165) is 12.8 Å².